The largest absolute Gasteiger partial charge is 0.354 e. The Bertz CT molecular complexity index is 567. The molecule has 0 radical (unpaired) electrons. The van der Waals surface area contributed by atoms with Crippen LogP contribution in [0.1, 0.15) is 40.0 Å². The zero-order valence-corrected chi connectivity index (χ0v) is 12.6. The van der Waals surface area contributed by atoms with Crippen LogP contribution >= 0.6 is 11.3 Å². The fraction of sp³-hybridized carbons (Fsp3) is 0.636. The number of nitrogens with one attached hydrogen (secondary N) is 1. The Balaban J connectivity index is 2.28. The number of amides is 1. The fourth-order valence-corrected chi connectivity index (χ4v) is 4.43. The Hall–Kier alpha value is -0.990. The molecule has 0 saturated carbocycles. The van der Waals surface area contributed by atoms with Crippen LogP contribution < -0.4 is 5.32 Å². The number of piperidine rings is 1. The third-order valence-corrected chi connectivity index (χ3v) is 5.53. The Kier molecular flexibility index (Phi) is 4.22. The van der Waals surface area contributed by atoms with Crippen molar-refractivity contribution in [1.82, 2.24) is 14.6 Å². The van der Waals surface area contributed by atoms with E-state index in [0.29, 0.717) is 16.4 Å². The highest BCUT2D eigenvalue weighted by Crippen LogP contribution is 2.34. The summed E-state index contributed by atoms with van der Waals surface area (Å²) in [4.78, 5) is 16.3. The van der Waals surface area contributed by atoms with Gasteiger partial charge in [-0.3, -0.25) is 4.79 Å². The molecule has 1 aromatic rings. The van der Waals surface area contributed by atoms with Gasteiger partial charge in [0.05, 0.1) is 18.5 Å². The van der Waals surface area contributed by atoms with Gasteiger partial charge < -0.3 is 5.32 Å². The number of carbonyl (C=O) groups excluding carboxylic acids is 1. The Morgan fingerprint density at radius 2 is 2.26 bits per heavy atom. The van der Waals surface area contributed by atoms with Crippen LogP contribution in [0.4, 0.5) is 0 Å². The number of hydrogen-bond acceptors (Lipinski definition) is 5. The molecule has 1 aromatic heterocycles. The van der Waals surface area contributed by atoms with Crippen LogP contribution in [0.15, 0.2) is 6.20 Å². The van der Waals surface area contributed by atoms with Gasteiger partial charge in [-0.2, -0.15) is 4.31 Å². The van der Waals surface area contributed by atoms with E-state index in [-0.39, 0.29) is 11.9 Å². The summed E-state index contributed by atoms with van der Waals surface area (Å²) in [5.74, 6) is -0.189. The van der Waals surface area contributed by atoms with E-state index in [2.05, 4.69) is 10.3 Å². The molecule has 0 aliphatic carbocycles. The van der Waals surface area contributed by atoms with Crippen molar-refractivity contribution < 1.29 is 13.2 Å². The zero-order valence-electron chi connectivity index (χ0n) is 10.9. The third kappa shape index (κ3) is 3.13. The van der Waals surface area contributed by atoms with Crippen LogP contribution in [0.2, 0.25) is 0 Å². The number of thiazole rings is 1. The van der Waals surface area contributed by atoms with Crippen molar-refractivity contribution >= 4 is 27.3 Å². The fourth-order valence-electron chi connectivity index (χ4n) is 2.22. The van der Waals surface area contributed by atoms with Crippen LogP contribution in [0.5, 0.6) is 0 Å². The van der Waals surface area contributed by atoms with E-state index in [4.69, 9.17) is 0 Å². The van der Waals surface area contributed by atoms with Crippen molar-refractivity contribution in [2.45, 2.75) is 25.3 Å². The minimum absolute atomic E-state index is 0.189. The molecule has 1 aliphatic rings. The van der Waals surface area contributed by atoms with Gasteiger partial charge in [0.15, 0.2) is 0 Å². The van der Waals surface area contributed by atoms with Gasteiger partial charge in [-0.05, 0) is 12.8 Å². The summed E-state index contributed by atoms with van der Waals surface area (Å²) >= 11 is 1.26. The zero-order chi connectivity index (χ0) is 14.0. The molecule has 1 saturated heterocycles. The average Bonchev–Trinajstić information content (AvgIpc) is 2.86. The quantitative estimate of drug-likeness (QED) is 0.903. The molecule has 19 heavy (non-hydrogen) atoms. The summed E-state index contributed by atoms with van der Waals surface area (Å²) in [5.41, 5.74) is 0. The first-order valence-corrected chi connectivity index (χ1v) is 8.74. The lowest BCUT2D eigenvalue weighted by Gasteiger charge is -2.32. The van der Waals surface area contributed by atoms with Gasteiger partial charge in [0, 0.05) is 13.6 Å². The molecule has 0 spiro atoms. The Morgan fingerprint density at radius 3 is 2.89 bits per heavy atom. The number of carbonyl (C=O) groups is 1. The molecule has 6 nitrogen and oxygen atoms in total. The number of hydrogen-bond donors (Lipinski definition) is 1. The van der Waals surface area contributed by atoms with Crippen molar-refractivity contribution in [2.24, 2.45) is 0 Å². The molecule has 1 atom stereocenters. The molecule has 1 N–H and O–H groups in total. The maximum atomic E-state index is 11.8. The Labute approximate surface area is 116 Å². The number of rotatable bonds is 3. The van der Waals surface area contributed by atoms with Gasteiger partial charge in [-0.1, -0.05) is 6.42 Å². The van der Waals surface area contributed by atoms with E-state index in [1.165, 1.54) is 28.1 Å². The lowest BCUT2D eigenvalue weighted by molar-refractivity contribution is 0.0967. The van der Waals surface area contributed by atoms with Gasteiger partial charge in [0.1, 0.15) is 9.88 Å². The molecule has 0 aromatic carbocycles. The standard InChI is InChI=1S/C11H17N3O3S2/c1-12-10(15)9-7-13-11(18-9)8-5-3-4-6-14(8)19(2,16)17/h7-8H,3-6H2,1-2H3,(H,12,15)/t8-/m0/s1. The molecule has 0 bridgehead atoms. The van der Waals surface area contributed by atoms with E-state index < -0.39 is 10.0 Å². The van der Waals surface area contributed by atoms with E-state index in [9.17, 15) is 13.2 Å². The van der Waals surface area contributed by atoms with Gasteiger partial charge in [-0.15, -0.1) is 11.3 Å². The molecule has 1 fully saturated rings. The van der Waals surface area contributed by atoms with Gasteiger partial charge in [-0.25, -0.2) is 13.4 Å². The smallest absolute Gasteiger partial charge is 0.262 e. The minimum Gasteiger partial charge on any atom is -0.354 e. The van der Waals surface area contributed by atoms with Crippen molar-refractivity contribution in [1.29, 1.82) is 0 Å². The van der Waals surface area contributed by atoms with Crippen LogP contribution in [-0.2, 0) is 10.0 Å². The monoisotopic (exact) mass is 303 g/mol. The summed E-state index contributed by atoms with van der Waals surface area (Å²) in [5, 5.41) is 3.24. The molecule has 1 aliphatic heterocycles. The van der Waals surface area contributed by atoms with Gasteiger partial charge >= 0.3 is 0 Å². The van der Waals surface area contributed by atoms with Crippen molar-refractivity contribution in [3.8, 4) is 0 Å². The second-order valence-corrected chi connectivity index (χ2v) is 7.52. The van der Waals surface area contributed by atoms with Crippen LogP contribution in [0.3, 0.4) is 0 Å². The van der Waals surface area contributed by atoms with Crippen molar-refractivity contribution in [2.75, 3.05) is 19.8 Å². The molecule has 2 rings (SSSR count). The predicted molar refractivity (Wildman–Crippen MR) is 73.6 cm³/mol. The number of nitrogens with zero attached hydrogens (tertiary/aromatic N) is 2. The molecule has 8 heteroatoms. The van der Waals surface area contributed by atoms with Crippen molar-refractivity contribution in [3.63, 3.8) is 0 Å². The summed E-state index contributed by atoms with van der Waals surface area (Å²) < 4.78 is 25.1. The number of sulfonamides is 1. The van der Waals surface area contributed by atoms with Gasteiger partial charge in [0.25, 0.3) is 5.91 Å². The van der Waals surface area contributed by atoms with Gasteiger partial charge in [0.2, 0.25) is 10.0 Å². The summed E-state index contributed by atoms with van der Waals surface area (Å²) in [7, 11) is -1.68. The molecular formula is C11H17N3O3S2. The SMILES string of the molecule is CNC(=O)c1cnc([C@@H]2CCCCN2S(C)(=O)=O)s1. The maximum Gasteiger partial charge on any atom is 0.262 e. The van der Waals surface area contributed by atoms with E-state index in [1.807, 2.05) is 0 Å². The summed E-state index contributed by atoms with van der Waals surface area (Å²) in [6.45, 7) is 0.526. The average molecular weight is 303 g/mol. The van der Waals surface area contributed by atoms with Crippen LogP contribution in [0, 0.1) is 0 Å². The molecular weight excluding hydrogens is 286 g/mol. The molecule has 2 heterocycles. The first-order valence-electron chi connectivity index (χ1n) is 6.08. The normalized spacial score (nSPS) is 21.3. The first kappa shape index (κ1) is 14.4. The van der Waals surface area contributed by atoms with Crippen molar-refractivity contribution in [3.05, 3.63) is 16.1 Å². The van der Waals surface area contributed by atoms with E-state index >= 15 is 0 Å². The Morgan fingerprint density at radius 1 is 1.53 bits per heavy atom. The molecule has 0 unspecified atom stereocenters. The van der Waals surface area contributed by atoms with Crippen LogP contribution in [-0.4, -0.2) is 43.5 Å². The summed E-state index contributed by atoms with van der Waals surface area (Å²) in [6, 6.07) is -0.229. The second kappa shape index (κ2) is 5.56. The topological polar surface area (TPSA) is 79.4 Å². The maximum absolute atomic E-state index is 11.8. The van der Waals surface area contributed by atoms with E-state index in [1.54, 1.807) is 7.05 Å². The molecule has 1 amide bonds. The first-order chi connectivity index (χ1) is 8.93. The third-order valence-electron chi connectivity index (χ3n) is 3.14. The highest BCUT2D eigenvalue weighted by molar-refractivity contribution is 7.88. The van der Waals surface area contributed by atoms with E-state index in [0.717, 1.165) is 19.3 Å². The highest BCUT2D eigenvalue weighted by atomic mass is 32.2. The molecule has 106 valence electrons. The lowest BCUT2D eigenvalue weighted by Crippen LogP contribution is -2.37. The van der Waals surface area contributed by atoms with Crippen LogP contribution in [0.25, 0.3) is 0 Å². The summed E-state index contributed by atoms with van der Waals surface area (Å²) in [6.07, 6.45) is 5.34. The predicted octanol–water partition coefficient (Wildman–Crippen LogP) is 0.989. The second-order valence-electron chi connectivity index (χ2n) is 4.53. The highest BCUT2D eigenvalue weighted by Gasteiger charge is 2.32. The number of aromatic nitrogens is 1. The minimum atomic E-state index is -3.24. The lowest BCUT2D eigenvalue weighted by atomic mass is 10.1.